The molecule has 15 heavy (non-hydrogen) atoms. The van der Waals surface area contributed by atoms with Crippen LogP contribution >= 0.6 is 0 Å². The molecule has 82 valence electrons. The third kappa shape index (κ3) is 3.02. The van der Waals surface area contributed by atoms with Crippen LogP contribution in [0.4, 0.5) is 4.39 Å². The lowest BCUT2D eigenvalue weighted by Gasteiger charge is -2.06. The number of ether oxygens (including phenoxy) is 1. The lowest BCUT2D eigenvalue weighted by atomic mass is 10.1. The molecule has 0 unspecified atom stereocenters. The molecule has 0 heterocycles. The molecule has 1 aromatic carbocycles. The van der Waals surface area contributed by atoms with Crippen molar-refractivity contribution >= 4 is 5.78 Å². The summed E-state index contributed by atoms with van der Waals surface area (Å²) in [7, 11) is 3.08. The topological polar surface area (TPSA) is 38.3 Å². The zero-order valence-electron chi connectivity index (χ0n) is 8.84. The molecular formula is C11H14FNO2. The molecule has 0 aromatic heterocycles. The second-order valence-electron chi connectivity index (χ2n) is 3.18. The molecule has 0 bridgehead atoms. The zero-order valence-corrected chi connectivity index (χ0v) is 8.84. The van der Waals surface area contributed by atoms with E-state index >= 15 is 0 Å². The standard InChI is InChI=1S/C11H14FNO2/c1-13-7-9(14)6-8-4-3-5-10(15-2)11(8)12/h3-5,13H,6-7H2,1-2H3. The molecule has 0 radical (unpaired) electrons. The molecule has 3 nitrogen and oxygen atoms in total. The lowest BCUT2D eigenvalue weighted by molar-refractivity contribution is -0.117. The Kier molecular flexibility index (Phi) is 4.24. The van der Waals surface area contributed by atoms with Crippen molar-refractivity contribution in [1.82, 2.24) is 5.32 Å². The van der Waals surface area contributed by atoms with E-state index in [0.717, 1.165) is 0 Å². The summed E-state index contributed by atoms with van der Waals surface area (Å²) in [6.07, 6.45) is 0.0872. The van der Waals surface area contributed by atoms with E-state index in [4.69, 9.17) is 4.74 Å². The lowest BCUT2D eigenvalue weighted by Crippen LogP contribution is -2.20. The van der Waals surface area contributed by atoms with E-state index in [0.29, 0.717) is 5.56 Å². The maximum Gasteiger partial charge on any atom is 0.168 e. The largest absolute Gasteiger partial charge is 0.494 e. The highest BCUT2D eigenvalue weighted by molar-refractivity contribution is 5.82. The van der Waals surface area contributed by atoms with Gasteiger partial charge in [0.2, 0.25) is 0 Å². The first-order valence-corrected chi connectivity index (χ1v) is 4.66. The van der Waals surface area contributed by atoms with Gasteiger partial charge in [-0.1, -0.05) is 12.1 Å². The van der Waals surface area contributed by atoms with E-state index in [9.17, 15) is 9.18 Å². The molecule has 0 saturated heterocycles. The number of hydrogen-bond acceptors (Lipinski definition) is 3. The maximum atomic E-state index is 13.6. The number of hydrogen-bond donors (Lipinski definition) is 1. The fourth-order valence-corrected chi connectivity index (χ4v) is 1.32. The SMILES string of the molecule is CNCC(=O)Cc1cccc(OC)c1F. The van der Waals surface area contributed by atoms with Crippen molar-refractivity contribution in [2.45, 2.75) is 6.42 Å². The number of nitrogens with one attached hydrogen (secondary N) is 1. The Hall–Kier alpha value is -1.42. The van der Waals surface area contributed by atoms with Crippen LogP contribution in [0.5, 0.6) is 5.75 Å². The van der Waals surface area contributed by atoms with E-state index in [1.165, 1.54) is 13.2 Å². The van der Waals surface area contributed by atoms with Crippen molar-refractivity contribution in [3.63, 3.8) is 0 Å². The summed E-state index contributed by atoms with van der Waals surface area (Å²) < 4.78 is 18.4. The number of benzene rings is 1. The van der Waals surface area contributed by atoms with Gasteiger partial charge >= 0.3 is 0 Å². The zero-order chi connectivity index (χ0) is 11.3. The maximum absolute atomic E-state index is 13.6. The second kappa shape index (κ2) is 5.46. The summed E-state index contributed by atoms with van der Waals surface area (Å²) in [5.41, 5.74) is 0.370. The number of halogens is 1. The van der Waals surface area contributed by atoms with Gasteiger partial charge in [-0.05, 0) is 18.7 Å². The first kappa shape index (κ1) is 11.7. The van der Waals surface area contributed by atoms with Crippen LogP contribution in [0.3, 0.4) is 0 Å². The molecule has 0 spiro atoms. The van der Waals surface area contributed by atoms with Crippen LogP contribution in [0.15, 0.2) is 18.2 Å². The summed E-state index contributed by atoms with van der Waals surface area (Å²) in [6, 6.07) is 4.79. The number of methoxy groups -OCH3 is 1. The first-order valence-electron chi connectivity index (χ1n) is 4.66. The number of likely N-dealkylation sites (N-methyl/N-ethyl adjacent to an activating group) is 1. The van der Waals surface area contributed by atoms with Gasteiger partial charge in [-0.2, -0.15) is 0 Å². The van der Waals surface area contributed by atoms with Crippen LogP contribution in [0.1, 0.15) is 5.56 Å². The predicted octanol–water partition coefficient (Wildman–Crippen LogP) is 1.17. The number of Topliss-reactive ketones (excluding diaryl/α,β-unsaturated/α-hetero) is 1. The summed E-state index contributed by atoms with van der Waals surface area (Å²) in [6.45, 7) is 0.247. The number of rotatable bonds is 5. The smallest absolute Gasteiger partial charge is 0.168 e. The van der Waals surface area contributed by atoms with Crippen molar-refractivity contribution < 1.29 is 13.9 Å². The van der Waals surface area contributed by atoms with Crippen LogP contribution < -0.4 is 10.1 Å². The molecule has 0 aliphatic carbocycles. The van der Waals surface area contributed by atoms with E-state index in [1.807, 2.05) is 0 Å². The fraction of sp³-hybridized carbons (Fsp3) is 0.364. The molecular weight excluding hydrogens is 197 g/mol. The van der Waals surface area contributed by atoms with Crippen molar-refractivity contribution in [2.24, 2.45) is 0 Å². The average molecular weight is 211 g/mol. The molecule has 1 aromatic rings. The van der Waals surface area contributed by atoms with Gasteiger partial charge < -0.3 is 10.1 Å². The normalized spacial score (nSPS) is 10.1. The van der Waals surface area contributed by atoms with E-state index in [-0.39, 0.29) is 24.5 Å². The highest BCUT2D eigenvalue weighted by Gasteiger charge is 2.11. The molecule has 0 amide bonds. The van der Waals surface area contributed by atoms with Crippen LogP contribution in [0, 0.1) is 5.82 Å². The summed E-state index contributed by atoms with van der Waals surface area (Å²) in [5.74, 6) is -0.334. The van der Waals surface area contributed by atoms with Gasteiger partial charge in [0.15, 0.2) is 17.3 Å². The average Bonchev–Trinajstić information content (AvgIpc) is 2.21. The Morgan fingerprint density at radius 2 is 2.27 bits per heavy atom. The van der Waals surface area contributed by atoms with Gasteiger partial charge in [0.25, 0.3) is 0 Å². The first-order chi connectivity index (χ1) is 7.19. The van der Waals surface area contributed by atoms with Crippen molar-refractivity contribution in [3.8, 4) is 5.75 Å². The van der Waals surface area contributed by atoms with Gasteiger partial charge in [-0.15, -0.1) is 0 Å². The van der Waals surface area contributed by atoms with Gasteiger partial charge in [0.05, 0.1) is 13.7 Å². The Morgan fingerprint density at radius 1 is 1.53 bits per heavy atom. The molecule has 4 heteroatoms. The summed E-state index contributed by atoms with van der Waals surface area (Å²) >= 11 is 0. The Bertz CT molecular complexity index is 352. The second-order valence-corrected chi connectivity index (χ2v) is 3.18. The molecule has 0 saturated carbocycles. The summed E-state index contributed by atoms with van der Waals surface area (Å²) in [5, 5.41) is 2.73. The highest BCUT2D eigenvalue weighted by Crippen LogP contribution is 2.20. The van der Waals surface area contributed by atoms with E-state index < -0.39 is 5.82 Å². The third-order valence-corrected chi connectivity index (χ3v) is 2.02. The van der Waals surface area contributed by atoms with Crippen molar-refractivity contribution in [3.05, 3.63) is 29.6 Å². The Morgan fingerprint density at radius 3 is 2.87 bits per heavy atom. The van der Waals surface area contributed by atoms with Crippen molar-refractivity contribution in [2.75, 3.05) is 20.7 Å². The van der Waals surface area contributed by atoms with Crippen LogP contribution in [-0.2, 0) is 11.2 Å². The summed E-state index contributed by atoms with van der Waals surface area (Å²) in [4.78, 5) is 11.3. The van der Waals surface area contributed by atoms with E-state index in [2.05, 4.69) is 5.32 Å². The van der Waals surface area contributed by atoms with Gasteiger partial charge in [0.1, 0.15) is 0 Å². The minimum absolute atomic E-state index is 0.0512. The van der Waals surface area contributed by atoms with Gasteiger partial charge in [-0.3, -0.25) is 4.79 Å². The van der Waals surface area contributed by atoms with Crippen LogP contribution in [-0.4, -0.2) is 26.5 Å². The van der Waals surface area contributed by atoms with Gasteiger partial charge in [-0.25, -0.2) is 4.39 Å². The predicted molar refractivity (Wildman–Crippen MR) is 55.6 cm³/mol. The number of carbonyl (C=O) groups is 1. The van der Waals surface area contributed by atoms with E-state index in [1.54, 1.807) is 19.2 Å². The Labute approximate surface area is 88.2 Å². The molecule has 1 rings (SSSR count). The third-order valence-electron chi connectivity index (χ3n) is 2.02. The molecule has 0 aliphatic rings. The van der Waals surface area contributed by atoms with Gasteiger partial charge in [0, 0.05) is 6.42 Å². The van der Waals surface area contributed by atoms with Crippen molar-refractivity contribution in [1.29, 1.82) is 0 Å². The Balaban J connectivity index is 2.81. The van der Waals surface area contributed by atoms with Crippen LogP contribution in [0.2, 0.25) is 0 Å². The highest BCUT2D eigenvalue weighted by atomic mass is 19.1. The fourth-order valence-electron chi connectivity index (χ4n) is 1.32. The molecule has 0 aliphatic heterocycles. The number of ketones is 1. The quantitative estimate of drug-likeness (QED) is 0.794. The van der Waals surface area contributed by atoms with Crippen LogP contribution in [0.25, 0.3) is 0 Å². The minimum Gasteiger partial charge on any atom is -0.494 e. The molecule has 0 fully saturated rings. The molecule has 0 atom stereocenters. The molecule has 1 N–H and O–H groups in total. The minimum atomic E-state index is -0.454. The monoisotopic (exact) mass is 211 g/mol. The number of carbonyl (C=O) groups excluding carboxylic acids is 1.